The Bertz CT molecular complexity index is 414. The number of terminal acetylenes is 1. The van der Waals surface area contributed by atoms with Crippen molar-refractivity contribution in [3.05, 3.63) is 35.4 Å². The first-order chi connectivity index (χ1) is 8.65. The van der Waals surface area contributed by atoms with Crippen LogP contribution >= 0.6 is 0 Å². The molecule has 0 aliphatic rings. The zero-order valence-electron chi connectivity index (χ0n) is 11.2. The molecule has 0 fully saturated rings. The predicted molar refractivity (Wildman–Crippen MR) is 75.2 cm³/mol. The van der Waals surface area contributed by atoms with Crippen LogP contribution in [0.15, 0.2) is 24.3 Å². The van der Waals surface area contributed by atoms with E-state index in [4.69, 9.17) is 6.42 Å². The third-order valence-electron chi connectivity index (χ3n) is 2.88. The van der Waals surface area contributed by atoms with Crippen molar-refractivity contribution in [1.82, 2.24) is 5.32 Å². The Morgan fingerprint density at radius 3 is 2.61 bits per heavy atom. The van der Waals surface area contributed by atoms with E-state index in [-0.39, 0.29) is 11.9 Å². The Kier molecular flexibility index (Phi) is 6.00. The largest absolute Gasteiger partial charge is 0.342 e. The van der Waals surface area contributed by atoms with Crippen molar-refractivity contribution in [3.8, 4) is 12.3 Å². The van der Waals surface area contributed by atoms with Gasteiger partial charge in [-0.15, -0.1) is 6.42 Å². The average molecular weight is 243 g/mol. The van der Waals surface area contributed by atoms with Gasteiger partial charge in [0.05, 0.1) is 6.04 Å². The van der Waals surface area contributed by atoms with Gasteiger partial charge in [-0.2, -0.15) is 0 Å². The van der Waals surface area contributed by atoms with Gasteiger partial charge in [0, 0.05) is 6.42 Å². The molecule has 1 unspecified atom stereocenters. The van der Waals surface area contributed by atoms with Gasteiger partial charge in [0.15, 0.2) is 0 Å². The van der Waals surface area contributed by atoms with Crippen LogP contribution in [0.2, 0.25) is 0 Å². The minimum absolute atomic E-state index is 0.0342. The first-order valence-electron chi connectivity index (χ1n) is 6.46. The van der Waals surface area contributed by atoms with Crippen LogP contribution < -0.4 is 5.32 Å². The molecule has 0 aromatic heterocycles. The number of benzene rings is 1. The van der Waals surface area contributed by atoms with Gasteiger partial charge in [-0.05, 0) is 25.3 Å². The van der Waals surface area contributed by atoms with Crippen LogP contribution in [0.25, 0.3) is 0 Å². The molecule has 0 bridgehead atoms. The molecule has 2 nitrogen and oxygen atoms in total. The summed E-state index contributed by atoms with van der Waals surface area (Å²) in [7, 11) is 0. The molecule has 1 amide bonds. The van der Waals surface area contributed by atoms with Crippen molar-refractivity contribution in [3.63, 3.8) is 0 Å². The minimum Gasteiger partial charge on any atom is -0.342 e. The molecule has 0 saturated carbocycles. The van der Waals surface area contributed by atoms with Gasteiger partial charge in [-0.1, -0.05) is 49.1 Å². The quantitative estimate of drug-likeness (QED) is 0.765. The Hall–Kier alpha value is -1.75. The number of hydrogen-bond donors (Lipinski definition) is 1. The second kappa shape index (κ2) is 7.55. The Labute approximate surface area is 110 Å². The molecule has 0 aliphatic heterocycles. The molecular weight excluding hydrogens is 222 g/mol. The predicted octanol–water partition coefficient (Wildman–Crippen LogP) is 2.85. The molecular formula is C16H21NO. The lowest BCUT2D eigenvalue weighted by Crippen LogP contribution is -2.33. The van der Waals surface area contributed by atoms with Crippen LogP contribution in [0, 0.1) is 19.3 Å². The lowest BCUT2D eigenvalue weighted by molar-refractivity contribution is -0.121. The van der Waals surface area contributed by atoms with Crippen LogP contribution in [0.1, 0.15) is 37.3 Å². The van der Waals surface area contributed by atoms with E-state index < -0.39 is 0 Å². The summed E-state index contributed by atoms with van der Waals surface area (Å²) in [5.74, 6) is 2.64. The maximum atomic E-state index is 11.7. The number of carbonyl (C=O) groups excluding carboxylic acids is 1. The zero-order valence-corrected chi connectivity index (χ0v) is 11.2. The smallest absolute Gasteiger partial charge is 0.221 e. The van der Waals surface area contributed by atoms with Crippen molar-refractivity contribution < 1.29 is 4.79 Å². The van der Waals surface area contributed by atoms with Crippen molar-refractivity contribution in [1.29, 1.82) is 0 Å². The lowest BCUT2D eigenvalue weighted by Gasteiger charge is -2.11. The van der Waals surface area contributed by atoms with E-state index in [9.17, 15) is 4.79 Å². The molecule has 0 saturated heterocycles. The third kappa shape index (κ3) is 5.05. The highest BCUT2D eigenvalue weighted by Gasteiger charge is 2.08. The zero-order chi connectivity index (χ0) is 13.4. The van der Waals surface area contributed by atoms with Gasteiger partial charge in [0.2, 0.25) is 5.91 Å². The Morgan fingerprint density at radius 2 is 2.06 bits per heavy atom. The summed E-state index contributed by atoms with van der Waals surface area (Å²) >= 11 is 0. The van der Waals surface area contributed by atoms with Gasteiger partial charge >= 0.3 is 0 Å². The van der Waals surface area contributed by atoms with Crippen molar-refractivity contribution >= 4 is 5.91 Å². The summed E-state index contributed by atoms with van der Waals surface area (Å²) in [4.78, 5) is 11.7. The Balaban J connectivity index is 2.37. The number of carbonyl (C=O) groups is 1. The van der Waals surface area contributed by atoms with E-state index in [1.165, 1.54) is 11.1 Å². The van der Waals surface area contributed by atoms with Crippen LogP contribution in [-0.2, 0) is 11.2 Å². The number of amides is 1. The highest BCUT2D eigenvalue weighted by molar-refractivity contribution is 5.76. The average Bonchev–Trinajstić information content (AvgIpc) is 2.37. The first kappa shape index (κ1) is 14.3. The number of hydrogen-bond acceptors (Lipinski definition) is 1. The molecule has 96 valence electrons. The SMILES string of the molecule is C#CC(CCC)NC(=O)CCc1ccc(C)cc1. The summed E-state index contributed by atoms with van der Waals surface area (Å²) in [6.45, 7) is 4.11. The standard InChI is InChI=1S/C16H21NO/c1-4-6-15(5-2)17-16(18)12-11-14-9-7-13(3)8-10-14/h2,7-10,15H,4,6,11-12H2,1,3H3,(H,17,18). The first-order valence-corrected chi connectivity index (χ1v) is 6.46. The monoisotopic (exact) mass is 243 g/mol. The topological polar surface area (TPSA) is 29.1 Å². The van der Waals surface area contributed by atoms with E-state index in [1.54, 1.807) is 0 Å². The molecule has 1 rings (SSSR count). The molecule has 2 heteroatoms. The summed E-state index contributed by atoms with van der Waals surface area (Å²) in [5, 5.41) is 2.87. The fourth-order valence-corrected chi connectivity index (χ4v) is 1.76. The highest BCUT2D eigenvalue weighted by Crippen LogP contribution is 2.06. The van der Waals surface area contributed by atoms with Crippen LogP contribution in [0.5, 0.6) is 0 Å². The summed E-state index contributed by atoms with van der Waals surface area (Å²) in [5.41, 5.74) is 2.42. The number of nitrogens with one attached hydrogen (secondary N) is 1. The molecule has 18 heavy (non-hydrogen) atoms. The fourth-order valence-electron chi connectivity index (χ4n) is 1.76. The van der Waals surface area contributed by atoms with Crippen LogP contribution in [0.3, 0.4) is 0 Å². The second-order valence-corrected chi connectivity index (χ2v) is 4.56. The minimum atomic E-state index is -0.125. The van der Waals surface area contributed by atoms with Crippen LogP contribution in [-0.4, -0.2) is 11.9 Å². The van der Waals surface area contributed by atoms with E-state index in [0.717, 1.165) is 19.3 Å². The van der Waals surface area contributed by atoms with Crippen molar-refractivity contribution in [2.45, 2.75) is 45.6 Å². The van der Waals surface area contributed by atoms with Crippen molar-refractivity contribution in [2.24, 2.45) is 0 Å². The maximum Gasteiger partial charge on any atom is 0.221 e. The van der Waals surface area contributed by atoms with E-state index in [0.29, 0.717) is 6.42 Å². The molecule has 1 atom stereocenters. The normalized spacial score (nSPS) is 11.6. The third-order valence-corrected chi connectivity index (χ3v) is 2.88. The van der Waals surface area contributed by atoms with Gasteiger partial charge in [-0.3, -0.25) is 4.79 Å². The molecule has 1 N–H and O–H groups in total. The van der Waals surface area contributed by atoms with Crippen LogP contribution in [0.4, 0.5) is 0 Å². The molecule has 0 aliphatic carbocycles. The molecule has 0 spiro atoms. The fraction of sp³-hybridized carbons (Fsp3) is 0.438. The van der Waals surface area contributed by atoms with Gasteiger partial charge in [0.1, 0.15) is 0 Å². The molecule has 0 radical (unpaired) electrons. The molecule has 1 aromatic carbocycles. The van der Waals surface area contributed by atoms with Gasteiger partial charge < -0.3 is 5.32 Å². The van der Waals surface area contributed by atoms with E-state index in [1.807, 2.05) is 0 Å². The number of rotatable bonds is 6. The van der Waals surface area contributed by atoms with Gasteiger partial charge in [-0.25, -0.2) is 0 Å². The number of aryl methyl sites for hydroxylation is 2. The van der Waals surface area contributed by atoms with E-state index in [2.05, 4.69) is 49.4 Å². The van der Waals surface area contributed by atoms with Crippen molar-refractivity contribution in [2.75, 3.05) is 0 Å². The highest BCUT2D eigenvalue weighted by atomic mass is 16.1. The summed E-state index contributed by atoms with van der Waals surface area (Å²) in [6, 6.07) is 8.13. The molecule has 0 heterocycles. The maximum absolute atomic E-state index is 11.7. The lowest BCUT2D eigenvalue weighted by atomic mass is 10.1. The Morgan fingerprint density at radius 1 is 1.39 bits per heavy atom. The van der Waals surface area contributed by atoms with E-state index >= 15 is 0 Å². The van der Waals surface area contributed by atoms with Gasteiger partial charge in [0.25, 0.3) is 0 Å². The second-order valence-electron chi connectivity index (χ2n) is 4.56. The molecule has 1 aromatic rings. The summed E-state index contributed by atoms with van der Waals surface area (Å²) < 4.78 is 0. The summed E-state index contributed by atoms with van der Waals surface area (Å²) in [6.07, 6.45) is 8.44.